The molecule has 0 spiro atoms. The second-order valence-corrected chi connectivity index (χ2v) is 5.82. The molecule has 2 aliphatic rings. The maximum Gasteiger partial charge on any atom is 0.222 e. The molecule has 2 aliphatic carbocycles. The highest BCUT2D eigenvalue weighted by molar-refractivity contribution is 5.78. The summed E-state index contributed by atoms with van der Waals surface area (Å²) < 4.78 is 0. The summed E-state index contributed by atoms with van der Waals surface area (Å²) in [6.45, 7) is 0. The van der Waals surface area contributed by atoms with E-state index >= 15 is 0 Å². The number of benzene rings is 1. The second-order valence-electron chi connectivity index (χ2n) is 5.82. The van der Waals surface area contributed by atoms with Crippen LogP contribution >= 0.6 is 0 Å². The summed E-state index contributed by atoms with van der Waals surface area (Å²) in [4.78, 5) is 11.9. The summed E-state index contributed by atoms with van der Waals surface area (Å²) in [6.07, 6.45) is 4.71. The Morgan fingerprint density at radius 2 is 2.06 bits per heavy atom. The third-order valence-corrected chi connectivity index (χ3v) is 4.23. The number of carbonyl (C=O) groups excluding carboxylic acids is 1. The zero-order valence-electron chi connectivity index (χ0n) is 10.6. The molecule has 1 amide bonds. The molecule has 3 nitrogen and oxygen atoms in total. The zero-order chi connectivity index (χ0) is 12.6. The van der Waals surface area contributed by atoms with Crippen molar-refractivity contribution in [2.24, 2.45) is 5.73 Å². The van der Waals surface area contributed by atoms with Gasteiger partial charge in [-0.05, 0) is 31.2 Å². The Balaban J connectivity index is 1.49. The highest BCUT2D eigenvalue weighted by atomic mass is 16.1. The Kier molecular flexibility index (Phi) is 2.86. The van der Waals surface area contributed by atoms with Gasteiger partial charge in [0, 0.05) is 23.9 Å². The number of nitrogens with one attached hydrogen (secondary N) is 1. The van der Waals surface area contributed by atoms with Crippen molar-refractivity contribution in [2.75, 3.05) is 0 Å². The van der Waals surface area contributed by atoms with Crippen LogP contribution in [0.2, 0.25) is 0 Å². The highest BCUT2D eigenvalue weighted by Gasteiger charge is 2.41. The average Bonchev–Trinajstić information content (AvgIpc) is 3.07. The van der Waals surface area contributed by atoms with Crippen molar-refractivity contribution < 1.29 is 4.79 Å². The van der Waals surface area contributed by atoms with Crippen LogP contribution in [0.1, 0.15) is 43.6 Å². The lowest BCUT2D eigenvalue weighted by Crippen LogP contribution is -2.50. The second kappa shape index (κ2) is 4.39. The van der Waals surface area contributed by atoms with E-state index in [0.29, 0.717) is 18.4 Å². The topological polar surface area (TPSA) is 55.1 Å². The van der Waals surface area contributed by atoms with Crippen LogP contribution in [-0.4, -0.2) is 17.5 Å². The predicted molar refractivity (Wildman–Crippen MR) is 71.1 cm³/mol. The minimum Gasteiger partial charge on any atom is -0.353 e. The quantitative estimate of drug-likeness (QED) is 0.850. The van der Waals surface area contributed by atoms with Crippen LogP contribution in [0.25, 0.3) is 0 Å². The van der Waals surface area contributed by atoms with Crippen molar-refractivity contribution in [3.05, 3.63) is 35.9 Å². The van der Waals surface area contributed by atoms with Crippen LogP contribution in [-0.2, 0) is 4.79 Å². The number of hydrogen-bond acceptors (Lipinski definition) is 2. The largest absolute Gasteiger partial charge is 0.353 e. The van der Waals surface area contributed by atoms with Gasteiger partial charge >= 0.3 is 0 Å². The van der Waals surface area contributed by atoms with E-state index in [0.717, 1.165) is 19.3 Å². The van der Waals surface area contributed by atoms with Crippen molar-refractivity contribution >= 4 is 5.91 Å². The normalized spacial score (nSPS) is 28.3. The Morgan fingerprint density at radius 3 is 2.67 bits per heavy atom. The van der Waals surface area contributed by atoms with Gasteiger partial charge in [0.15, 0.2) is 0 Å². The van der Waals surface area contributed by atoms with E-state index in [9.17, 15) is 4.79 Å². The number of nitrogens with two attached hydrogens (primary N) is 1. The molecule has 18 heavy (non-hydrogen) atoms. The Morgan fingerprint density at radius 1 is 1.33 bits per heavy atom. The number of carbonyl (C=O) groups is 1. The molecule has 2 saturated carbocycles. The summed E-state index contributed by atoms with van der Waals surface area (Å²) in [5.41, 5.74) is 7.21. The molecule has 0 heterocycles. The molecule has 96 valence electrons. The molecule has 0 aromatic heterocycles. The maximum absolute atomic E-state index is 11.9. The van der Waals surface area contributed by atoms with E-state index in [1.807, 2.05) is 6.07 Å². The first kappa shape index (κ1) is 11.7. The number of hydrogen-bond donors (Lipinski definition) is 2. The lowest BCUT2D eigenvalue weighted by atomic mass is 9.75. The van der Waals surface area contributed by atoms with Gasteiger partial charge in [-0.25, -0.2) is 0 Å². The molecular formula is C15H20N2O. The van der Waals surface area contributed by atoms with Gasteiger partial charge in [0.1, 0.15) is 0 Å². The fourth-order valence-electron chi connectivity index (χ4n) is 2.81. The van der Waals surface area contributed by atoms with Crippen LogP contribution < -0.4 is 11.1 Å². The van der Waals surface area contributed by atoms with Gasteiger partial charge < -0.3 is 11.1 Å². The molecule has 2 atom stereocenters. The number of amides is 1. The first-order valence-corrected chi connectivity index (χ1v) is 6.79. The molecule has 0 radical (unpaired) electrons. The summed E-state index contributed by atoms with van der Waals surface area (Å²) in [6, 6.07) is 10.7. The molecular weight excluding hydrogens is 224 g/mol. The molecule has 3 heteroatoms. The van der Waals surface area contributed by atoms with Crippen LogP contribution in [0.3, 0.4) is 0 Å². The molecule has 3 N–H and O–H groups in total. The predicted octanol–water partition coefficient (Wildman–Crippen LogP) is 1.93. The van der Waals surface area contributed by atoms with Gasteiger partial charge in [0.25, 0.3) is 0 Å². The van der Waals surface area contributed by atoms with Crippen LogP contribution in [0.4, 0.5) is 0 Å². The van der Waals surface area contributed by atoms with Crippen molar-refractivity contribution in [2.45, 2.75) is 49.6 Å². The fraction of sp³-hybridized carbons (Fsp3) is 0.533. The van der Waals surface area contributed by atoms with E-state index in [1.54, 1.807) is 0 Å². The molecule has 0 saturated heterocycles. The van der Waals surface area contributed by atoms with Gasteiger partial charge in [-0.2, -0.15) is 0 Å². The summed E-state index contributed by atoms with van der Waals surface area (Å²) >= 11 is 0. The van der Waals surface area contributed by atoms with Crippen molar-refractivity contribution in [3.8, 4) is 0 Å². The maximum atomic E-state index is 11.9. The van der Waals surface area contributed by atoms with Crippen molar-refractivity contribution in [1.82, 2.24) is 5.32 Å². The third-order valence-electron chi connectivity index (χ3n) is 4.23. The molecule has 0 aliphatic heterocycles. The molecule has 2 fully saturated rings. The van der Waals surface area contributed by atoms with Gasteiger partial charge in [-0.15, -0.1) is 0 Å². The van der Waals surface area contributed by atoms with E-state index in [4.69, 9.17) is 5.73 Å². The van der Waals surface area contributed by atoms with Gasteiger partial charge in [-0.1, -0.05) is 30.3 Å². The third kappa shape index (κ3) is 2.41. The smallest absolute Gasteiger partial charge is 0.222 e. The van der Waals surface area contributed by atoms with Crippen molar-refractivity contribution in [1.29, 1.82) is 0 Å². The minimum absolute atomic E-state index is 0.126. The monoisotopic (exact) mass is 244 g/mol. The van der Waals surface area contributed by atoms with Crippen LogP contribution in [0.5, 0.6) is 0 Å². The first-order valence-electron chi connectivity index (χ1n) is 6.79. The molecule has 0 bridgehead atoms. The molecule has 2 unspecified atom stereocenters. The molecule has 1 aromatic carbocycles. The average molecular weight is 244 g/mol. The van der Waals surface area contributed by atoms with E-state index in [1.165, 1.54) is 12.0 Å². The highest BCUT2D eigenvalue weighted by Crippen LogP contribution is 2.41. The van der Waals surface area contributed by atoms with Crippen molar-refractivity contribution in [3.63, 3.8) is 0 Å². The Bertz CT molecular complexity index is 439. The van der Waals surface area contributed by atoms with Gasteiger partial charge in [0.05, 0.1) is 0 Å². The summed E-state index contributed by atoms with van der Waals surface area (Å²) in [5.74, 6) is 0.630. The lowest BCUT2D eigenvalue weighted by molar-refractivity contribution is -0.123. The standard InChI is InChI=1S/C15H20N2O/c16-15(7-4-8-15)10-14(18)17-13-9-12(13)11-5-2-1-3-6-11/h1-3,5-6,12-13H,4,7-10,16H2,(H,17,18). The van der Waals surface area contributed by atoms with E-state index in [-0.39, 0.29) is 11.4 Å². The van der Waals surface area contributed by atoms with Gasteiger partial charge in [-0.3, -0.25) is 4.79 Å². The Labute approximate surface area is 108 Å². The van der Waals surface area contributed by atoms with Crippen LogP contribution in [0.15, 0.2) is 30.3 Å². The van der Waals surface area contributed by atoms with E-state index in [2.05, 4.69) is 29.6 Å². The SMILES string of the molecule is NC1(CC(=O)NC2CC2c2ccccc2)CCC1. The lowest BCUT2D eigenvalue weighted by Gasteiger charge is -2.37. The fourth-order valence-corrected chi connectivity index (χ4v) is 2.81. The zero-order valence-corrected chi connectivity index (χ0v) is 10.6. The van der Waals surface area contributed by atoms with E-state index < -0.39 is 0 Å². The molecule has 3 rings (SSSR count). The molecule has 1 aromatic rings. The number of rotatable bonds is 4. The van der Waals surface area contributed by atoms with Crippen LogP contribution in [0, 0.1) is 0 Å². The summed E-state index contributed by atoms with van der Waals surface area (Å²) in [7, 11) is 0. The first-order chi connectivity index (χ1) is 8.66. The van der Waals surface area contributed by atoms with Gasteiger partial charge in [0.2, 0.25) is 5.91 Å². The summed E-state index contributed by atoms with van der Waals surface area (Å²) in [5, 5.41) is 3.11. The minimum atomic E-state index is -0.207. The Hall–Kier alpha value is -1.35.